The number of nitrogen functional groups attached to an aromatic ring is 1. The quantitative estimate of drug-likeness (QED) is 0.848. The van der Waals surface area contributed by atoms with E-state index in [0.717, 1.165) is 25.9 Å². The normalized spacial score (nSPS) is 16.1. The number of aromatic nitrogens is 4. The van der Waals surface area contributed by atoms with Crippen LogP contribution in [0, 0.1) is 0 Å². The maximum absolute atomic E-state index is 11.7. The summed E-state index contributed by atoms with van der Waals surface area (Å²) < 4.78 is 7.07. The number of methoxy groups -OCH3 is 1. The highest BCUT2D eigenvalue weighted by atomic mass is 16.5. The molecule has 0 aromatic carbocycles. The first-order valence-electron chi connectivity index (χ1n) is 6.86. The molecule has 1 aliphatic rings. The number of nitrogens with two attached hydrogens (primary N) is 1. The van der Waals surface area contributed by atoms with Gasteiger partial charge in [-0.3, -0.25) is 9.48 Å². The van der Waals surface area contributed by atoms with Crippen molar-refractivity contribution in [2.24, 2.45) is 0 Å². The molecule has 3 rings (SSSR count). The number of hydrogen-bond donors (Lipinski definition) is 2. The van der Waals surface area contributed by atoms with Crippen molar-refractivity contribution >= 4 is 11.6 Å². The number of ether oxygens (including phenoxy) is 1. The molecule has 8 heteroatoms. The number of piperidine rings is 1. The molecule has 2 aromatic heterocycles. The van der Waals surface area contributed by atoms with Crippen molar-refractivity contribution in [1.29, 1.82) is 0 Å². The molecule has 0 bridgehead atoms. The summed E-state index contributed by atoms with van der Waals surface area (Å²) in [5, 5.41) is 4.26. The minimum absolute atomic E-state index is 0.260. The van der Waals surface area contributed by atoms with Gasteiger partial charge in [0, 0.05) is 19.3 Å². The molecule has 1 fully saturated rings. The Kier molecular flexibility index (Phi) is 3.51. The first kappa shape index (κ1) is 13.5. The summed E-state index contributed by atoms with van der Waals surface area (Å²) in [6.07, 6.45) is 5.14. The highest BCUT2D eigenvalue weighted by molar-refractivity contribution is 5.50. The largest absolute Gasteiger partial charge is 0.489 e. The van der Waals surface area contributed by atoms with Crippen LogP contribution >= 0.6 is 0 Å². The van der Waals surface area contributed by atoms with Gasteiger partial charge in [-0.05, 0) is 18.9 Å². The van der Waals surface area contributed by atoms with Crippen molar-refractivity contribution in [3.63, 3.8) is 0 Å². The predicted molar refractivity (Wildman–Crippen MR) is 78.5 cm³/mol. The van der Waals surface area contributed by atoms with Crippen LogP contribution in [0.5, 0.6) is 5.75 Å². The van der Waals surface area contributed by atoms with Crippen molar-refractivity contribution < 1.29 is 4.74 Å². The standard InChI is InChI=1S/C13H18N6O2/c1-21-11-12(15-8-16-13(11)20)18-5-2-9(3-6-18)19-7-4-10(14)17-19/h4,7-9H,2-3,5-6H2,1H3,(H2,14,17)(H,15,16,20). The topological polar surface area (TPSA) is 102 Å². The second kappa shape index (κ2) is 5.47. The van der Waals surface area contributed by atoms with Crippen molar-refractivity contribution in [2.75, 3.05) is 30.8 Å². The van der Waals surface area contributed by atoms with Gasteiger partial charge in [0.15, 0.2) is 5.82 Å². The van der Waals surface area contributed by atoms with Crippen molar-refractivity contribution in [2.45, 2.75) is 18.9 Å². The van der Waals surface area contributed by atoms with Gasteiger partial charge in [0.1, 0.15) is 5.82 Å². The Morgan fingerprint density at radius 1 is 1.43 bits per heavy atom. The molecule has 3 heterocycles. The summed E-state index contributed by atoms with van der Waals surface area (Å²) in [5.74, 6) is 1.40. The number of H-pyrrole nitrogens is 1. The van der Waals surface area contributed by atoms with Crippen LogP contribution < -0.4 is 20.9 Å². The average Bonchev–Trinajstić information content (AvgIpc) is 2.94. The van der Waals surface area contributed by atoms with Crippen molar-refractivity contribution in [1.82, 2.24) is 19.7 Å². The molecule has 0 saturated carbocycles. The van der Waals surface area contributed by atoms with Gasteiger partial charge in [-0.15, -0.1) is 0 Å². The third-order valence-corrected chi connectivity index (χ3v) is 3.76. The molecule has 1 aliphatic heterocycles. The van der Waals surface area contributed by atoms with E-state index in [2.05, 4.69) is 20.0 Å². The van der Waals surface area contributed by atoms with E-state index in [4.69, 9.17) is 10.5 Å². The molecular weight excluding hydrogens is 272 g/mol. The molecule has 1 saturated heterocycles. The van der Waals surface area contributed by atoms with Crippen LogP contribution in [0.25, 0.3) is 0 Å². The Bertz CT molecular complexity index is 671. The Morgan fingerprint density at radius 3 is 2.81 bits per heavy atom. The molecule has 0 aliphatic carbocycles. The highest BCUT2D eigenvalue weighted by Gasteiger charge is 2.24. The van der Waals surface area contributed by atoms with E-state index in [1.165, 1.54) is 13.4 Å². The van der Waals surface area contributed by atoms with Crippen LogP contribution in [0.2, 0.25) is 0 Å². The number of anilines is 2. The lowest BCUT2D eigenvalue weighted by atomic mass is 10.1. The molecule has 0 atom stereocenters. The number of nitrogens with zero attached hydrogens (tertiary/aromatic N) is 4. The molecule has 3 N–H and O–H groups in total. The second-order valence-corrected chi connectivity index (χ2v) is 5.03. The first-order chi connectivity index (χ1) is 10.2. The van der Waals surface area contributed by atoms with E-state index >= 15 is 0 Å². The second-order valence-electron chi connectivity index (χ2n) is 5.03. The zero-order valence-electron chi connectivity index (χ0n) is 11.8. The van der Waals surface area contributed by atoms with E-state index in [-0.39, 0.29) is 11.3 Å². The fourth-order valence-corrected chi connectivity index (χ4v) is 2.69. The summed E-state index contributed by atoms with van der Waals surface area (Å²) in [6, 6.07) is 2.12. The van der Waals surface area contributed by atoms with Crippen LogP contribution in [0.4, 0.5) is 11.6 Å². The molecular formula is C13H18N6O2. The molecule has 8 nitrogen and oxygen atoms in total. The highest BCUT2D eigenvalue weighted by Crippen LogP contribution is 2.28. The zero-order valence-corrected chi connectivity index (χ0v) is 11.8. The van der Waals surface area contributed by atoms with E-state index < -0.39 is 0 Å². The third kappa shape index (κ3) is 2.56. The van der Waals surface area contributed by atoms with Gasteiger partial charge >= 0.3 is 0 Å². The van der Waals surface area contributed by atoms with Crippen LogP contribution in [0.15, 0.2) is 23.4 Å². The molecule has 112 valence electrons. The van der Waals surface area contributed by atoms with Gasteiger partial charge in [-0.2, -0.15) is 5.10 Å². The van der Waals surface area contributed by atoms with Crippen LogP contribution in [0.3, 0.4) is 0 Å². The number of nitrogens with one attached hydrogen (secondary N) is 1. The minimum atomic E-state index is -0.260. The third-order valence-electron chi connectivity index (χ3n) is 3.76. The van der Waals surface area contributed by atoms with E-state index in [1.807, 2.05) is 10.9 Å². The fraction of sp³-hybridized carbons (Fsp3) is 0.462. The molecule has 0 amide bonds. The summed E-state index contributed by atoms with van der Waals surface area (Å²) in [7, 11) is 1.48. The lowest BCUT2D eigenvalue weighted by Crippen LogP contribution is -2.36. The molecule has 2 aromatic rings. The van der Waals surface area contributed by atoms with Gasteiger partial charge in [0.05, 0.1) is 19.5 Å². The lowest BCUT2D eigenvalue weighted by Gasteiger charge is -2.33. The van der Waals surface area contributed by atoms with Gasteiger partial charge in [0.2, 0.25) is 5.75 Å². The zero-order chi connectivity index (χ0) is 14.8. The van der Waals surface area contributed by atoms with Gasteiger partial charge < -0.3 is 20.4 Å². The van der Waals surface area contributed by atoms with Crippen molar-refractivity contribution in [3.05, 3.63) is 28.9 Å². The summed E-state index contributed by atoms with van der Waals surface area (Å²) in [6.45, 7) is 1.58. The lowest BCUT2D eigenvalue weighted by molar-refractivity contribution is 0.360. The SMILES string of the molecule is COc1c(N2CCC(n3ccc(N)n3)CC2)nc[nH]c1=O. The Hall–Kier alpha value is -2.51. The first-order valence-corrected chi connectivity index (χ1v) is 6.86. The van der Waals surface area contributed by atoms with E-state index in [1.54, 1.807) is 6.07 Å². The predicted octanol–water partition coefficient (Wildman–Crippen LogP) is 0.399. The number of rotatable bonds is 3. The maximum Gasteiger partial charge on any atom is 0.295 e. The minimum Gasteiger partial charge on any atom is -0.489 e. The van der Waals surface area contributed by atoms with Gasteiger partial charge in [0.25, 0.3) is 5.56 Å². The molecule has 0 unspecified atom stereocenters. The monoisotopic (exact) mass is 290 g/mol. The van der Waals surface area contributed by atoms with Crippen LogP contribution in [-0.2, 0) is 0 Å². The van der Waals surface area contributed by atoms with Crippen LogP contribution in [-0.4, -0.2) is 39.9 Å². The summed E-state index contributed by atoms with van der Waals surface area (Å²) in [4.78, 5) is 20.6. The van der Waals surface area contributed by atoms with E-state index in [9.17, 15) is 4.79 Å². The summed E-state index contributed by atoms with van der Waals surface area (Å²) >= 11 is 0. The van der Waals surface area contributed by atoms with Gasteiger partial charge in [-0.1, -0.05) is 0 Å². The molecule has 0 spiro atoms. The average molecular weight is 290 g/mol. The Morgan fingerprint density at radius 2 is 2.19 bits per heavy atom. The fourth-order valence-electron chi connectivity index (χ4n) is 2.69. The van der Waals surface area contributed by atoms with E-state index in [0.29, 0.717) is 17.7 Å². The Labute approximate surface area is 121 Å². The maximum atomic E-state index is 11.7. The van der Waals surface area contributed by atoms with Gasteiger partial charge in [-0.25, -0.2) is 4.98 Å². The van der Waals surface area contributed by atoms with Crippen molar-refractivity contribution in [3.8, 4) is 5.75 Å². The summed E-state index contributed by atoms with van der Waals surface area (Å²) in [5.41, 5.74) is 5.39. The number of aromatic amines is 1. The molecule has 0 radical (unpaired) electrons. The molecule has 21 heavy (non-hydrogen) atoms. The number of hydrogen-bond acceptors (Lipinski definition) is 6. The smallest absolute Gasteiger partial charge is 0.295 e. The van der Waals surface area contributed by atoms with Crippen LogP contribution in [0.1, 0.15) is 18.9 Å². The Balaban J connectivity index is 1.74.